The topological polar surface area (TPSA) is 72.5 Å². The number of hydrogen-bond acceptors (Lipinski definition) is 3. The van der Waals surface area contributed by atoms with E-state index in [0.717, 1.165) is 12.1 Å². The van der Waals surface area contributed by atoms with Crippen LogP contribution in [-0.4, -0.2) is 23.7 Å². The quantitative estimate of drug-likeness (QED) is 0.857. The van der Waals surface area contributed by atoms with Crippen molar-refractivity contribution in [3.8, 4) is 5.75 Å². The van der Waals surface area contributed by atoms with Gasteiger partial charge in [0.2, 0.25) is 0 Å². The Labute approximate surface area is 96.4 Å². The number of aromatic carboxylic acids is 1. The van der Waals surface area contributed by atoms with Crippen molar-refractivity contribution >= 4 is 18.4 Å². The number of hydrogen-bond donors (Lipinski definition) is 2. The smallest absolute Gasteiger partial charge is 0.410 e. The van der Waals surface area contributed by atoms with Crippen LogP contribution in [0.1, 0.15) is 10.4 Å². The monoisotopic (exact) mass is 253 g/mol. The molecule has 0 saturated carbocycles. The second-order valence-electron chi connectivity index (χ2n) is 2.77. The average molecular weight is 254 g/mol. The molecule has 0 spiro atoms. The lowest BCUT2D eigenvalue weighted by molar-refractivity contribution is -0.166. The molecule has 0 heterocycles. The van der Waals surface area contributed by atoms with Crippen LogP contribution in [0.15, 0.2) is 24.3 Å². The van der Waals surface area contributed by atoms with Gasteiger partial charge in [-0.15, -0.1) is 12.4 Å². The van der Waals surface area contributed by atoms with Crippen molar-refractivity contribution in [2.45, 2.75) is 6.11 Å². The molecule has 0 saturated heterocycles. The Bertz CT molecular complexity index is 356. The lowest BCUT2D eigenvalue weighted by Crippen LogP contribution is -2.34. The molecule has 1 aromatic rings. The van der Waals surface area contributed by atoms with Crippen molar-refractivity contribution < 1.29 is 23.4 Å². The molecule has 4 nitrogen and oxygen atoms in total. The van der Waals surface area contributed by atoms with Crippen molar-refractivity contribution in [3.05, 3.63) is 29.8 Å². The van der Waals surface area contributed by atoms with Gasteiger partial charge in [0.1, 0.15) is 5.75 Å². The van der Waals surface area contributed by atoms with E-state index < -0.39 is 18.6 Å². The molecule has 0 fully saturated rings. The van der Waals surface area contributed by atoms with E-state index in [9.17, 15) is 13.6 Å². The number of nitrogens with two attached hydrogens (primary N) is 1. The molecule has 1 rings (SSSR count). The Hall–Kier alpha value is -1.40. The Morgan fingerprint density at radius 2 is 1.88 bits per heavy atom. The fourth-order valence-electron chi connectivity index (χ4n) is 0.880. The first kappa shape index (κ1) is 14.6. The van der Waals surface area contributed by atoms with Crippen molar-refractivity contribution in [3.63, 3.8) is 0 Å². The summed E-state index contributed by atoms with van der Waals surface area (Å²) in [5, 5.41) is 8.55. The Morgan fingerprint density at radius 1 is 1.38 bits per heavy atom. The van der Waals surface area contributed by atoms with Gasteiger partial charge < -0.3 is 15.6 Å². The lowest BCUT2D eigenvalue weighted by atomic mass is 10.2. The fourth-order valence-corrected chi connectivity index (χ4v) is 0.880. The molecule has 0 bridgehead atoms. The molecule has 7 heteroatoms. The summed E-state index contributed by atoms with van der Waals surface area (Å²) in [6.45, 7) is -0.937. The fraction of sp³-hybridized carbons (Fsp3) is 0.222. The minimum absolute atomic E-state index is 0. The third-order valence-electron chi connectivity index (χ3n) is 1.61. The summed E-state index contributed by atoms with van der Waals surface area (Å²) in [5.41, 5.74) is 4.76. The van der Waals surface area contributed by atoms with E-state index in [1.54, 1.807) is 0 Å². The molecule has 90 valence electrons. The van der Waals surface area contributed by atoms with Gasteiger partial charge in [-0.2, -0.15) is 8.78 Å². The highest BCUT2D eigenvalue weighted by Gasteiger charge is 2.29. The first-order chi connectivity index (χ1) is 6.94. The van der Waals surface area contributed by atoms with Crippen LogP contribution in [0.4, 0.5) is 8.78 Å². The van der Waals surface area contributed by atoms with E-state index in [2.05, 4.69) is 4.74 Å². The van der Waals surface area contributed by atoms with E-state index in [1.165, 1.54) is 12.1 Å². The molecule has 0 unspecified atom stereocenters. The average Bonchev–Trinajstić information content (AvgIpc) is 2.18. The van der Waals surface area contributed by atoms with Gasteiger partial charge >= 0.3 is 12.1 Å². The van der Waals surface area contributed by atoms with E-state index >= 15 is 0 Å². The van der Waals surface area contributed by atoms with Crippen LogP contribution in [0.3, 0.4) is 0 Å². The predicted molar refractivity (Wildman–Crippen MR) is 55.3 cm³/mol. The Kier molecular flexibility index (Phi) is 5.13. The summed E-state index contributed by atoms with van der Waals surface area (Å²) >= 11 is 0. The largest absolute Gasteiger partial charge is 0.478 e. The normalized spacial score (nSPS) is 10.4. The van der Waals surface area contributed by atoms with Crippen LogP contribution in [0.25, 0.3) is 0 Å². The maximum absolute atomic E-state index is 12.6. The highest BCUT2D eigenvalue weighted by atomic mass is 35.5. The van der Waals surface area contributed by atoms with Crippen LogP contribution in [0.2, 0.25) is 0 Å². The second-order valence-corrected chi connectivity index (χ2v) is 2.77. The molecule has 0 radical (unpaired) electrons. The highest BCUT2D eigenvalue weighted by molar-refractivity contribution is 5.87. The number of alkyl halides is 2. The van der Waals surface area contributed by atoms with Crippen LogP contribution in [-0.2, 0) is 0 Å². The van der Waals surface area contributed by atoms with Crippen LogP contribution >= 0.6 is 12.4 Å². The molecule has 16 heavy (non-hydrogen) atoms. The van der Waals surface area contributed by atoms with E-state index in [4.69, 9.17) is 10.8 Å². The number of carbonyl (C=O) groups is 1. The van der Waals surface area contributed by atoms with Crippen molar-refractivity contribution in [1.29, 1.82) is 0 Å². The van der Waals surface area contributed by atoms with Crippen LogP contribution in [0.5, 0.6) is 5.75 Å². The maximum atomic E-state index is 12.6. The molecule has 0 aliphatic rings. The van der Waals surface area contributed by atoms with Crippen LogP contribution < -0.4 is 10.5 Å². The molecule has 1 aromatic carbocycles. The number of rotatable bonds is 4. The minimum Gasteiger partial charge on any atom is -0.478 e. The van der Waals surface area contributed by atoms with Gasteiger partial charge in [-0.05, 0) is 24.3 Å². The molecule has 0 amide bonds. The zero-order valence-electron chi connectivity index (χ0n) is 8.02. The first-order valence-electron chi connectivity index (χ1n) is 4.05. The third kappa shape index (κ3) is 4.00. The number of halogens is 3. The highest BCUT2D eigenvalue weighted by Crippen LogP contribution is 2.20. The van der Waals surface area contributed by atoms with Gasteiger partial charge in [0, 0.05) is 0 Å². The summed E-state index contributed by atoms with van der Waals surface area (Å²) in [5.74, 6) is -1.26. The second kappa shape index (κ2) is 5.62. The molecule has 0 aromatic heterocycles. The molecular weight excluding hydrogens is 244 g/mol. The van der Waals surface area contributed by atoms with Gasteiger partial charge in [-0.1, -0.05) is 0 Å². The number of carboxylic acid groups (broad SMARTS) is 1. The van der Waals surface area contributed by atoms with Gasteiger partial charge in [0.05, 0.1) is 12.1 Å². The van der Waals surface area contributed by atoms with Gasteiger partial charge in [0.25, 0.3) is 0 Å². The molecular formula is C9H10ClF2NO3. The lowest BCUT2D eigenvalue weighted by Gasteiger charge is -2.15. The molecule has 0 atom stereocenters. The van der Waals surface area contributed by atoms with E-state index in [0.29, 0.717) is 0 Å². The standard InChI is InChI=1S/C9H9F2NO3.ClH/c10-9(11,5-12)15-7-3-1-6(2-4-7)8(13)14;/h1-4H,5,12H2,(H,13,14);1H. The number of benzene rings is 1. The predicted octanol–water partition coefficient (Wildman–Crippen LogP) is 1.74. The van der Waals surface area contributed by atoms with Crippen molar-refractivity contribution in [1.82, 2.24) is 0 Å². The summed E-state index contributed by atoms with van der Waals surface area (Å²) in [4.78, 5) is 10.4. The zero-order chi connectivity index (χ0) is 11.5. The number of carboxylic acids is 1. The van der Waals surface area contributed by atoms with E-state index in [1.807, 2.05) is 0 Å². The SMILES string of the molecule is Cl.NCC(F)(F)Oc1ccc(C(=O)O)cc1. The molecule has 0 aliphatic heterocycles. The Balaban J connectivity index is 0.00000225. The maximum Gasteiger partial charge on any atom is 0.410 e. The first-order valence-corrected chi connectivity index (χ1v) is 4.05. The number of ether oxygens (including phenoxy) is 1. The summed E-state index contributed by atoms with van der Waals surface area (Å²) < 4.78 is 29.5. The van der Waals surface area contributed by atoms with Gasteiger partial charge in [0.15, 0.2) is 0 Å². The summed E-state index contributed by atoms with van der Waals surface area (Å²) in [6.07, 6.45) is -3.44. The van der Waals surface area contributed by atoms with E-state index in [-0.39, 0.29) is 23.7 Å². The van der Waals surface area contributed by atoms with Crippen molar-refractivity contribution in [2.24, 2.45) is 5.73 Å². The van der Waals surface area contributed by atoms with Crippen molar-refractivity contribution in [2.75, 3.05) is 6.54 Å². The molecule has 3 N–H and O–H groups in total. The van der Waals surface area contributed by atoms with Gasteiger partial charge in [-0.3, -0.25) is 0 Å². The molecule has 0 aliphatic carbocycles. The third-order valence-corrected chi connectivity index (χ3v) is 1.61. The zero-order valence-corrected chi connectivity index (χ0v) is 8.84. The minimum atomic E-state index is -3.44. The van der Waals surface area contributed by atoms with Gasteiger partial charge in [-0.25, -0.2) is 4.79 Å². The summed E-state index contributed by atoms with van der Waals surface area (Å²) in [6, 6.07) is 4.63. The Morgan fingerprint density at radius 3 is 2.25 bits per heavy atom. The van der Waals surface area contributed by atoms with Crippen LogP contribution in [0, 0.1) is 0 Å². The summed E-state index contributed by atoms with van der Waals surface area (Å²) in [7, 11) is 0.